The summed E-state index contributed by atoms with van der Waals surface area (Å²) in [6.45, 7) is 1.88. The molecule has 0 aliphatic rings. The molecular formula is C15H14N2O2S. The highest BCUT2D eigenvalue weighted by molar-refractivity contribution is 7.80. The van der Waals surface area contributed by atoms with Gasteiger partial charge in [-0.05, 0) is 36.8 Å². The number of rotatable bonds is 3. The molecule has 0 aliphatic heterocycles. The number of nitrogens with one attached hydrogen (secondary N) is 1. The molecule has 0 spiro atoms. The summed E-state index contributed by atoms with van der Waals surface area (Å²) >= 11 is 4.92. The smallest absolute Gasteiger partial charge is 0.255 e. The van der Waals surface area contributed by atoms with Crippen LogP contribution < -0.4 is 11.1 Å². The molecule has 0 aromatic heterocycles. The van der Waals surface area contributed by atoms with Crippen molar-refractivity contribution < 1.29 is 9.90 Å². The maximum atomic E-state index is 12.1. The molecule has 4 N–H and O–H groups in total. The Morgan fingerprint density at radius 2 is 1.95 bits per heavy atom. The molecule has 0 saturated carbocycles. The van der Waals surface area contributed by atoms with Gasteiger partial charge in [-0.15, -0.1) is 0 Å². The molecule has 2 aromatic carbocycles. The number of thiocarbonyl (C=S) groups is 1. The summed E-state index contributed by atoms with van der Waals surface area (Å²) < 4.78 is 0. The fourth-order valence-electron chi connectivity index (χ4n) is 1.75. The van der Waals surface area contributed by atoms with Crippen molar-refractivity contribution in [3.8, 4) is 5.75 Å². The van der Waals surface area contributed by atoms with E-state index in [0.29, 0.717) is 16.8 Å². The molecule has 4 nitrogen and oxygen atoms in total. The lowest BCUT2D eigenvalue weighted by molar-refractivity contribution is 0.102. The molecule has 20 heavy (non-hydrogen) atoms. The third-order valence-corrected chi connectivity index (χ3v) is 3.11. The average Bonchev–Trinajstić information content (AvgIpc) is 2.41. The third kappa shape index (κ3) is 3.13. The van der Waals surface area contributed by atoms with Crippen molar-refractivity contribution in [2.75, 3.05) is 5.32 Å². The minimum Gasteiger partial charge on any atom is -0.508 e. The summed E-state index contributed by atoms with van der Waals surface area (Å²) in [4.78, 5) is 12.4. The van der Waals surface area contributed by atoms with Crippen LogP contribution in [-0.4, -0.2) is 16.0 Å². The summed E-state index contributed by atoms with van der Waals surface area (Å²) in [6.07, 6.45) is 0. The summed E-state index contributed by atoms with van der Waals surface area (Å²) in [5.74, 6) is -0.254. The normalized spacial score (nSPS) is 10.1. The first-order valence-corrected chi connectivity index (χ1v) is 6.39. The number of phenols is 1. The lowest BCUT2D eigenvalue weighted by Gasteiger charge is -2.10. The molecule has 2 rings (SSSR count). The predicted octanol–water partition coefficient (Wildman–Crippen LogP) is 2.59. The Kier molecular flexibility index (Phi) is 4.00. The van der Waals surface area contributed by atoms with Crippen LogP contribution in [0, 0.1) is 6.92 Å². The van der Waals surface area contributed by atoms with Gasteiger partial charge < -0.3 is 16.2 Å². The van der Waals surface area contributed by atoms with Crippen LogP contribution in [0.5, 0.6) is 5.75 Å². The van der Waals surface area contributed by atoms with Crippen molar-refractivity contribution in [2.45, 2.75) is 6.92 Å². The van der Waals surface area contributed by atoms with E-state index in [1.54, 1.807) is 18.2 Å². The number of aromatic hydroxyl groups is 1. The van der Waals surface area contributed by atoms with Gasteiger partial charge in [0.15, 0.2) is 0 Å². The van der Waals surface area contributed by atoms with Gasteiger partial charge in [0.2, 0.25) is 0 Å². The van der Waals surface area contributed by atoms with Crippen molar-refractivity contribution in [2.24, 2.45) is 5.73 Å². The van der Waals surface area contributed by atoms with E-state index in [-0.39, 0.29) is 16.6 Å². The van der Waals surface area contributed by atoms with Crippen LogP contribution in [0.4, 0.5) is 5.69 Å². The molecule has 2 aromatic rings. The predicted molar refractivity (Wildman–Crippen MR) is 83.1 cm³/mol. The van der Waals surface area contributed by atoms with Crippen molar-refractivity contribution in [1.29, 1.82) is 0 Å². The lowest BCUT2D eigenvalue weighted by atomic mass is 10.1. The fourth-order valence-corrected chi connectivity index (χ4v) is 1.88. The number of anilines is 1. The Bertz CT molecular complexity index is 683. The molecule has 102 valence electrons. The molecule has 0 unspecified atom stereocenters. The third-order valence-electron chi connectivity index (χ3n) is 2.88. The number of amides is 1. The van der Waals surface area contributed by atoms with Crippen molar-refractivity contribution in [3.63, 3.8) is 0 Å². The van der Waals surface area contributed by atoms with E-state index < -0.39 is 0 Å². The zero-order valence-electron chi connectivity index (χ0n) is 10.9. The van der Waals surface area contributed by atoms with E-state index >= 15 is 0 Å². The number of carbonyl (C=O) groups is 1. The van der Waals surface area contributed by atoms with Crippen LogP contribution >= 0.6 is 12.2 Å². The molecule has 0 saturated heterocycles. The number of hydrogen-bond acceptors (Lipinski definition) is 3. The summed E-state index contributed by atoms with van der Waals surface area (Å²) in [5, 5.41) is 12.2. The van der Waals surface area contributed by atoms with E-state index in [4.69, 9.17) is 18.0 Å². The Labute approximate surface area is 122 Å². The largest absolute Gasteiger partial charge is 0.508 e. The highest BCUT2D eigenvalue weighted by atomic mass is 32.1. The Morgan fingerprint density at radius 3 is 2.60 bits per heavy atom. The number of benzene rings is 2. The highest BCUT2D eigenvalue weighted by Crippen LogP contribution is 2.19. The molecule has 0 heterocycles. The quantitative estimate of drug-likeness (QED) is 0.758. The molecule has 0 bridgehead atoms. The molecule has 0 fully saturated rings. The molecule has 0 aliphatic carbocycles. The first-order chi connectivity index (χ1) is 9.47. The molecule has 0 atom stereocenters. The lowest BCUT2D eigenvalue weighted by Crippen LogP contribution is -2.14. The van der Waals surface area contributed by atoms with Crippen LogP contribution in [0.15, 0.2) is 42.5 Å². The molecule has 5 heteroatoms. The number of nitrogens with two attached hydrogens (primary N) is 1. The van der Waals surface area contributed by atoms with Gasteiger partial charge in [0.05, 0.1) is 0 Å². The van der Waals surface area contributed by atoms with E-state index in [0.717, 1.165) is 5.56 Å². The van der Waals surface area contributed by atoms with Crippen molar-refractivity contribution in [1.82, 2.24) is 0 Å². The van der Waals surface area contributed by atoms with Gasteiger partial charge >= 0.3 is 0 Å². The van der Waals surface area contributed by atoms with Gasteiger partial charge in [-0.2, -0.15) is 0 Å². The maximum Gasteiger partial charge on any atom is 0.255 e. The maximum absolute atomic E-state index is 12.1. The van der Waals surface area contributed by atoms with Crippen molar-refractivity contribution in [3.05, 3.63) is 59.2 Å². The highest BCUT2D eigenvalue weighted by Gasteiger charge is 2.09. The van der Waals surface area contributed by atoms with Gasteiger partial charge in [-0.3, -0.25) is 4.79 Å². The van der Waals surface area contributed by atoms with Crippen LogP contribution in [0.1, 0.15) is 21.5 Å². The van der Waals surface area contributed by atoms with Crippen LogP contribution in [0.3, 0.4) is 0 Å². The Hall–Kier alpha value is -2.40. The first-order valence-electron chi connectivity index (χ1n) is 5.98. The standard InChI is InChI=1S/C15H14N2O2S/c1-9-5-6-10(14(16)20)8-13(9)17-15(19)11-3-2-4-12(18)7-11/h2-8,18H,1H3,(H2,16,20)(H,17,19). The fraction of sp³-hybridized carbons (Fsp3) is 0.0667. The van der Waals surface area contributed by atoms with E-state index in [1.165, 1.54) is 12.1 Å². The number of hydrogen-bond donors (Lipinski definition) is 3. The summed E-state index contributed by atoms with van der Waals surface area (Å²) in [6, 6.07) is 11.5. The van der Waals surface area contributed by atoms with Crippen LogP contribution in [0.2, 0.25) is 0 Å². The van der Waals surface area contributed by atoms with Gasteiger partial charge in [-0.1, -0.05) is 30.4 Å². The minimum absolute atomic E-state index is 0.0475. The zero-order chi connectivity index (χ0) is 14.7. The van der Waals surface area contributed by atoms with Crippen LogP contribution in [0.25, 0.3) is 0 Å². The zero-order valence-corrected chi connectivity index (χ0v) is 11.7. The second-order valence-electron chi connectivity index (χ2n) is 4.40. The minimum atomic E-state index is -0.302. The monoisotopic (exact) mass is 286 g/mol. The molecule has 0 radical (unpaired) electrons. The first kappa shape index (κ1) is 14.0. The van der Waals surface area contributed by atoms with Gasteiger partial charge in [0, 0.05) is 16.8 Å². The number of carbonyl (C=O) groups excluding carboxylic acids is 1. The second kappa shape index (κ2) is 5.71. The Morgan fingerprint density at radius 1 is 1.20 bits per heavy atom. The summed E-state index contributed by atoms with van der Waals surface area (Å²) in [5.41, 5.74) is 8.20. The summed E-state index contributed by atoms with van der Waals surface area (Å²) in [7, 11) is 0. The van der Waals surface area contributed by atoms with Crippen molar-refractivity contribution >= 4 is 28.8 Å². The van der Waals surface area contributed by atoms with E-state index in [1.807, 2.05) is 19.1 Å². The second-order valence-corrected chi connectivity index (χ2v) is 4.84. The van der Waals surface area contributed by atoms with E-state index in [9.17, 15) is 9.90 Å². The van der Waals surface area contributed by atoms with Crippen LogP contribution in [-0.2, 0) is 0 Å². The number of phenolic OH excluding ortho intramolecular Hbond substituents is 1. The van der Waals surface area contributed by atoms with Gasteiger partial charge in [0.1, 0.15) is 10.7 Å². The molecule has 1 amide bonds. The van der Waals surface area contributed by atoms with E-state index in [2.05, 4.69) is 5.32 Å². The van der Waals surface area contributed by atoms with Gasteiger partial charge in [-0.25, -0.2) is 0 Å². The Balaban J connectivity index is 2.27. The number of aryl methyl sites for hydroxylation is 1. The molecular weight excluding hydrogens is 272 g/mol. The average molecular weight is 286 g/mol. The SMILES string of the molecule is Cc1ccc(C(N)=S)cc1NC(=O)c1cccc(O)c1. The van der Waals surface area contributed by atoms with Gasteiger partial charge in [0.25, 0.3) is 5.91 Å². The topological polar surface area (TPSA) is 75.3 Å².